The summed E-state index contributed by atoms with van der Waals surface area (Å²) < 4.78 is 0. The fourth-order valence-corrected chi connectivity index (χ4v) is 1.32. The first-order chi connectivity index (χ1) is 6.68. The quantitative estimate of drug-likeness (QED) is 0.623. The van der Waals surface area contributed by atoms with E-state index < -0.39 is 5.68 Å². The van der Waals surface area contributed by atoms with Crippen molar-refractivity contribution in [1.82, 2.24) is 9.97 Å². The minimum atomic E-state index is -0.511. The smallest absolute Gasteiger partial charge is 0.177 e. The molecule has 2 heterocycles. The van der Waals surface area contributed by atoms with Gasteiger partial charge in [-0.25, -0.2) is 4.98 Å². The molecule has 0 atom stereocenters. The van der Waals surface area contributed by atoms with Crippen molar-refractivity contribution < 1.29 is 4.79 Å². The standard InChI is InChI=1S/C10H7BN2O/c1-6-4-12-5-7-2-3-8(10(11)14)13-9(6)7/h2-5H,1H3. The van der Waals surface area contributed by atoms with E-state index in [1.54, 1.807) is 24.5 Å². The second kappa shape index (κ2) is 3.22. The zero-order valence-electron chi connectivity index (χ0n) is 7.69. The lowest BCUT2D eigenvalue weighted by Crippen LogP contribution is -2.01. The van der Waals surface area contributed by atoms with Crippen molar-refractivity contribution in [1.29, 1.82) is 0 Å². The van der Waals surface area contributed by atoms with Crippen LogP contribution in [0.2, 0.25) is 0 Å². The van der Waals surface area contributed by atoms with Crippen LogP contribution in [0.4, 0.5) is 0 Å². The predicted octanol–water partition coefficient (Wildman–Crippen LogP) is 1.25. The molecule has 2 aromatic heterocycles. The molecular weight excluding hydrogens is 175 g/mol. The van der Waals surface area contributed by atoms with Crippen molar-refractivity contribution in [2.75, 3.05) is 0 Å². The fourth-order valence-electron chi connectivity index (χ4n) is 1.32. The number of fused-ring (bicyclic) bond motifs is 1. The largest absolute Gasteiger partial charge is 0.306 e. The van der Waals surface area contributed by atoms with Crippen molar-refractivity contribution in [3.63, 3.8) is 0 Å². The Labute approximate surface area is 82.6 Å². The number of nitrogens with zero attached hydrogens (tertiary/aromatic N) is 2. The van der Waals surface area contributed by atoms with Crippen molar-refractivity contribution >= 4 is 24.4 Å². The van der Waals surface area contributed by atoms with E-state index in [0.29, 0.717) is 0 Å². The number of hydrogen-bond donors (Lipinski definition) is 0. The highest BCUT2D eigenvalue weighted by Crippen LogP contribution is 2.14. The van der Waals surface area contributed by atoms with Crippen LogP contribution in [-0.2, 0) is 0 Å². The number of aryl methyl sites for hydroxylation is 1. The molecule has 0 aliphatic heterocycles. The third-order valence-corrected chi connectivity index (χ3v) is 2.03. The van der Waals surface area contributed by atoms with Gasteiger partial charge in [0.1, 0.15) is 5.68 Å². The van der Waals surface area contributed by atoms with Crippen LogP contribution >= 0.6 is 0 Å². The molecule has 14 heavy (non-hydrogen) atoms. The van der Waals surface area contributed by atoms with Gasteiger partial charge in [-0.1, -0.05) is 0 Å². The summed E-state index contributed by atoms with van der Waals surface area (Å²) in [7, 11) is 5.14. The van der Waals surface area contributed by atoms with Gasteiger partial charge >= 0.3 is 0 Å². The molecule has 0 N–H and O–H groups in total. The highest BCUT2D eigenvalue weighted by molar-refractivity contribution is 6.62. The van der Waals surface area contributed by atoms with Gasteiger partial charge in [-0.3, -0.25) is 4.98 Å². The SMILES string of the molecule is [B]C(=O)c1ccc2cncc(C)c2n1. The lowest BCUT2D eigenvalue weighted by molar-refractivity contribution is 0.107. The number of rotatable bonds is 1. The molecule has 4 heteroatoms. The minimum Gasteiger partial charge on any atom is -0.306 e. The molecule has 0 amide bonds. The third kappa shape index (κ3) is 1.39. The molecule has 0 bridgehead atoms. The first-order valence-corrected chi connectivity index (χ1v) is 4.19. The van der Waals surface area contributed by atoms with E-state index in [9.17, 15) is 4.79 Å². The Kier molecular flexibility index (Phi) is 2.04. The van der Waals surface area contributed by atoms with Gasteiger partial charge < -0.3 is 4.79 Å². The molecule has 0 aliphatic rings. The maximum absolute atomic E-state index is 10.9. The van der Waals surface area contributed by atoms with Gasteiger partial charge in [-0.2, -0.15) is 0 Å². The summed E-state index contributed by atoms with van der Waals surface area (Å²) >= 11 is 0. The van der Waals surface area contributed by atoms with Gasteiger partial charge in [0.25, 0.3) is 0 Å². The van der Waals surface area contributed by atoms with E-state index >= 15 is 0 Å². The molecule has 0 spiro atoms. The molecule has 0 unspecified atom stereocenters. The Balaban J connectivity index is 2.76. The van der Waals surface area contributed by atoms with Crippen LogP contribution in [0, 0.1) is 6.92 Å². The van der Waals surface area contributed by atoms with Gasteiger partial charge in [0.2, 0.25) is 0 Å². The van der Waals surface area contributed by atoms with E-state index in [2.05, 4.69) is 9.97 Å². The predicted molar refractivity (Wildman–Crippen MR) is 54.4 cm³/mol. The van der Waals surface area contributed by atoms with Crippen LogP contribution in [0.15, 0.2) is 24.5 Å². The van der Waals surface area contributed by atoms with Gasteiger partial charge in [-0.15, -0.1) is 0 Å². The Hall–Kier alpha value is -1.71. The number of pyridine rings is 2. The summed E-state index contributed by atoms with van der Waals surface area (Å²) in [6.07, 6.45) is 3.42. The topological polar surface area (TPSA) is 42.9 Å². The van der Waals surface area contributed by atoms with Crippen molar-refractivity contribution in [3.05, 3.63) is 35.8 Å². The van der Waals surface area contributed by atoms with Crippen LogP contribution in [0.5, 0.6) is 0 Å². The molecule has 2 radical (unpaired) electrons. The van der Waals surface area contributed by atoms with Gasteiger partial charge in [0.05, 0.1) is 11.2 Å². The normalized spacial score (nSPS) is 10.4. The second-order valence-corrected chi connectivity index (χ2v) is 3.09. The molecular formula is C10H7BN2O. The molecule has 0 aromatic carbocycles. The Morgan fingerprint density at radius 2 is 2.14 bits per heavy atom. The first-order valence-electron chi connectivity index (χ1n) is 4.19. The molecule has 2 rings (SSSR count). The number of aromatic nitrogens is 2. The lowest BCUT2D eigenvalue weighted by Gasteiger charge is -2.01. The van der Waals surface area contributed by atoms with Crippen LogP contribution in [-0.4, -0.2) is 23.5 Å². The minimum absolute atomic E-state index is 0.284. The summed E-state index contributed by atoms with van der Waals surface area (Å²) in [6, 6.07) is 3.40. The fraction of sp³-hybridized carbons (Fsp3) is 0.100. The highest BCUT2D eigenvalue weighted by atomic mass is 16.1. The van der Waals surface area contributed by atoms with E-state index in [4.69, 9.17) is 7.85 Å². The van der Waals surface area contributed by atoms with Crippen LogP contribution < -0.4 is 0 Å². The average Bonchev–Trinajstić information content (AvgIpc) is 2.18. The van der Waals surface area contributed by atoms with Crippen LogP contribution in [0.1, 0.15) is 16.1 Å². The molecule has 0 saturated heterocycles. The van der Waals surface area contributed by atoms with E-state index in [1.807, 2.05) is 6.92 Å². The number of carbonyl (C=O) groups excluding carboxylic acids is 1. The van der Waals surface area contributed by atoms with Gasteiger partial charge in [0.15, 0.2) is 7.85 Å². The Morgan fingerprint density at radius 1 is 1.36 bits per heavy atom. The highest BCUT2D eigenvalue weighted by Gasteiger charge is 2.03. The summed E-state index contributed by atoms with van der Waals surface area (Å²) in [6.45, 7) is 1.90. The van der Waals surface area contributed by atoms with E-state index in [-0.39, 0.29) is 5.69 Å². The number of hydrogen-bond acceptors (Lipinski definition) is 3. The first kappa shape index (κ1) is 8.87. The maximum atomic E-state index is 10.9. The summed E-state index contributed by atoms with van der Waals surface area (Å²) in [4.78, 5) is 19.1. The summed E-state index contributed by atoms with van der Waals surface area (Å²) in [5, 5.41) is 0.912. The molecule has 2 aromatic rings. The lowest BCUT2D eigenvalue weighted by atomic mass is 9.98. The molecule has 0 aliphatic carbocycles. The van der Waals surface area contributed by atoms with E-state index in [0.717, 1.165) is 16.5 Å². The Bertz CT molecular complexity index is 510. The van der Waals surface area contributed by atoms with Crippen LogP contribution in [0.25, 0.3) is 10.9 Å². The second-order valence-electron chi connectivity index (χ2n) is 3.09. The van der Waals surface area contributed by atoms with Gasteiger partial charge in [0, 0.05) is 17.8 Å². The number of carbonyl (C=O) groups is 1. The zero-order valence-corrected chi connectivity index (χ0v) is 7.69. The van der Waals surface area contributed by atoms with Gasteiger partial charge in [-0.05, 0) is 24.6 Å². The van der Waals surface area contributed by atoms with Crippen LogP contribution in [0.3, 0.4) is 0 Å². The average molecular weight is 182 g/mol. The third-order valence-electron chi connectivity index (χ3n) is 2.03. The summed E-state index contributed by atoms with van der Waals surface area (Å²) in [5.74, 6) is 0. The van der Waals surface area contributed by atoms with Crippen molar-refractivity contribution in [2.24, 2.45) is 0 Å². The van der Waals surface area contributed by atoms with E-state index in [1.165, 1.54) is 0 Å². The van der Waals surface area contributed by atoms with Crippen molar-refractivity contribution in [3.8, 4) is 0 Å². The molecule has 0 saturated carbocycles. The maximum Gasteiger partial charge on any atom is 0.177 e. The monoisotopic (exact) mass is 182 g/mol. The molecule has 66 valence electrons. The molecule has 0 fully saturated rings. The molecule has 3 nitrogen and oxygen atoms in total. The van der Waals surface area contributed by atoms with Crippen molar-refractivity contribution in [2.45, 2.75) is 6.92 Å². The Morgan fingerprint density at radius 3 is 2.86 bits per heavy atom. The zero-order chi connectivity index (χ0) is 10.1. The summed E-state index contributed by atoms with van der Waals surface area (Å²) in [5.41, 5.74) is 1.48.